The minimum Gasteiger partial charge on any atom is -0.328 e. The van der Waals surface area contributed by atoms with Crippen LogP contribution in [-0.4, -0.2) is 62.8 Å². The van der Waals surface area contributed by atoms with E-state index in [2.05, 4.69) is 17.5 Å². The zero-order chi connectivity index (χ0) is 19.6. The topological polar surface area (TPSA) is 62.1 Å². The van der Waals surface area contributed by atoms with Crippen LogP contribution in [0.4, 0.5) is 0 Å². The van der Waals surface area contributed by atoms with Crippen LogP contribution < -0.4 is 4.90 Å². The number of quaternary nitrogens is 1. The second kappa shape index (κ2) is 8.32. The molecule has 0 atom stereocenters. The molecule has 1 aromatic heterocycles. The summed E-state index contributed by atoms with van der Waals surface area (Å²) in [5, 5.41) is 2.09. The number of piperazine rings is 1. The number of carbonyl (C=O) groups excluding carboxylic acids is 1. The summed E-state index contributed by atoms with van der Waals surface area (Å²) in [5.74, 6) is -0.0753. The smallest absolute Gasteiger partial charge is 0.254 e. The molecule has 6 nitrogen and oxygen atoms in total. The van der Waals surface area contributed by atoms with Crippen molar-refractivity contribution >= 4 is 27.3 Å². The van der Waals surface area contributed by atoms with Gasteiger partial charge in [-0.2, -0.15) is 4.31 Å². The van der Waals surface area contributed by atoms with Gasteiger partial charge in [-0.15, -0.1) is 11.3 Å². The van der Waals surface area contributed by atoms with Crippen molar-refractivity contribution in [3.05, 3.63) is 52.2 Å². The molecule has 0 saturated carbocycles. The molecular weight excluding hydrogens is 394 g/mol. The minimum absolute atomic E-state index is 0.0753. The Morgan fingerprint density at radius 3 is 2.46 bits per heavy atom. The van der Waals surface area contributed by atoms with E-state index in [4.69, 9.17) is 0 Å². The van der Waals surface area contributed by atoms with E-state index in [9.17, 15) is 13.2 Å². The number of nitrogens with zero attached hydrogens (tertiary/aromatic N) is 2. The van der Waals surface area contributed by atoms with Crippen molar-refractivity contribution in [1.82, 2.24) is 9.21 Å². The van der Waals surface area contributed by atoms with Crippen LogP contribution in [0.1, 0.15) is 28.1 Å². The Balaban J connectivity index is 1.41. The van der Waals surface area contributed by atoms with Crippen molar-refractivity contribution in [1.29, 1.82) is 0 Å². The van der Waals surface area contributed by atoms with E-state index in [0.29, 0.717) is 31.7 Å². The van der Waals surface area contributed by atoms with Gasteiger partial charge in [-0.1, -0.05) is 12.1 Å². The largest absolute Gasteiger partial charge is 0.328 e. The fourth-order valence-electron chi connectivity index (χ4n) is 3.91. The summed E-state index contributed by atoms with van der Waals surface area (Å²) in [6, 6.07) is 10.8. The maximum absolute atomic E-state index is 12.9. The molecule has 2 aliphatic rings. The predicted molar refractivity (Wildman–Crippen MR) is 109 cm³/mol. The van der Waals surface area contributed by atoms with Crippen LogP contribution in [0.25, 0.3) is 0 Å². The lowest BCUT2D eigenvalue weighted by Crippen LogP contribution is -3.13. The van der Waals surface area contributed by atoms with Crippen molar-refractivity contribution in [2.24, 2.45) is 0 Å². The maximum atomic E-state index is 12.9. The third-order valence-electron chi connectivity index (χ3n) is 5.55. The fraction of sp³-hybridized carbons (Fsp3) is 0.450. The average molecular weight is 421 g/mol. The standard InChI is InChI=1S/C20H25N3O3S2/c24-20(22-12-10-21(11-13-22)16-18-6-4-14-27-18)17-5-3-7-19(15-17)28(25,26)23-8-1-2-9-23/h3-7,14-15H,1-2,8-13,16H2/p+1. The normalized spacial score (nSPS) is 19.2. The van der Waals surface area contributed by atoms with E-state index in [1.807, 2.05) is 4.90 Å². The van der Waals surface area contributed by atoms with Crippen LogP contribution >= 0.6 is 11.3 Å². The van der Waals surface area contributed by atoms with Crippen molar-refractivity contribution in [2.75, 3.05) is 39.3 Å². The van der Waals surface area contributed by atoms with Gasteiger partial charge < -0.3 is 9.80 Å². The van der Waals surface area contributed by atoms with Gasteiger partial charge in [-0.25, -0.2) is 8.42 Å². The molecule has 0 radical (unpaired) electrons. The van der Waals surface area contributed by atoms with Crippen molar-refractivity contribution < 1.29 is 18.1 Å². The second-order valence-electron chi connectivity index (χ2n) is 7.44. The van der Waals surface area contributed by atoms with Crippen LogP contribution in [-0.2, 0) is 16.6 Å². The molecule has 2 saturated heterocycles. The molecule has 8 heteroatoms. The summed E-state index contributed by atoms with van der Waals surface area (Å²) < 4.78 is 27.1. The third-order valence-corrected chi connectivity index (χ3v) is 8.32. The molecule has 1 N–H and O–H groups in total. The zero-order valence-electron chi connectivity index (χ0n) is 15.8. The summed E-state index contributed by atoms with van der Waals surface area (Å²) in [7, 11) is -3.50. The summed E-state index contributed by atoms with van der Waals surface area (Å²) in [6.45, 7) is 5.35. The molecule has 0 unspecified atom stereocenters. The van der Waals surface area contributed by atoms with E-state index in [0.717, 1.165) is 32.5 Å². The molecule has 0 aliphatic carbocycles. The maximum Gasteiger partial charge on any atom is 0.254 e. The number of hydrogen-bond acceptors (Lipinski definition) is 4. The van der Waals surface area contributed by atoms with Gasteiger partial charge in [0.25, 0.3) is 5.91 Å². The van der Waals surface area contributed by atoms with Crippen LogP contribution in [0.2, 0.25) is 0 Å². The van der Waals surface area contributed by atoms with Gasteiger partial charge in [0.1, 0.15) is 6.54 Å². The van der Waals surface area contributed by atoms with Crippen molar-refractivity contribution in [3.8, 4) is 0 Å². The molecule has 150 valence electrons. The van der Waals surface area contributed by atoms with E-state index in [-0.39, 0.29) is 10.8 Å². The molecule has 2 aromatic rings. The first-order valence-corrected chi connectivity index (χ1v) is 12.1. The number of amides is 1. The number of benzene rings is 1. The van der Waals surface area contributed by atoms with E-state index >= 15 is 0 Å². The Hall–Kier alpha value is -1.74. The highest BCUT2D eigenvalue weighted by Crippen LogP contribution is 2.22. The molecular formula is C20H26N3O3S2+. The lowest BCUT2D eigenvalue weighted by molar-refractivity contribution is -0.917. The summed E-state index contributed by atoms with van der Waals surface area (Å²) in [4.78, 5) is 17.9. The van der Waals surface area contributed by atoms with Crippen molar-refractivity contribution in [2.45, 2.75) is 24.3 Å². The number of nitrogens with one attached hydrogen (secondary N) is 1. The van der Waals surface area contributed by atoms with E-state index in [1.54, 1.807) is 35.6 Å². The average Bonchev–Trinajstić information content (AvgIpc) is 3.43. The van der Waals surface area contributed by atoms with E-state index in [1.165, 1.54) is 14.1 Å². The van der Waals surface area contributed by atoms with E-state index < -0.39 is 10.0 Å². The molecule has 1 amide bonds. The van der Waals surface area contributed by atoms with Gasteiger partial charge >= 0.3 is 0 Å². The quantitative estimate of drug-likeness (QED) is 0.787. The molecule has 0 spiro atoms. The Kier molecular flexibility index (Phi) is 5.82. The second-order valence-corrected chi connectivity index (χ2v) is 10.4. The highest BCUT2D eigenvalue weighted by molar-refractivity contribution is 7.89. The SMILES string of the molecule is O=C(c1cccc(S(=O)(=O)N2CCCC2)c1)N1CC[NH+](Cc2cccs2)CC1. The zero-order valence-corrected chi connectivity index (χ0v) is 17.5. The third kappa shape index (κ3) is 4.15. The Morgan fingerprint density at radius 1 is 1.04 bits per heavy atom. The van der Waals surface area contributed by atoms with Gasteiger partial charge in [0.2, 0.25) is 10.0 Å². The minimum atomic E-state index is -3.50. The summed E-state index contributed by atoms with van der Waals surface area (Å²) in [6.07, 6.45) is 1.80. The highest BCUT2D eigenvalue weighted by atomic mass is 32.2. The molecule has 4 rings (SSSR count). The van der Waals surface area contributed by atoms with Gasteiger partial charge in [0.15, 0.2) is 0 Å². The first-order chi connectivity index (χ1) is 13.5. The van der Waals surface area contributed by atoms with Crippen LogP contribution in [0, 0.1) is 0 Å². The molecule has 2 aliphatic heterocycles. The van der Waals surface area contributed by atoms with Crippen LogP contribution in [0.5, 0.6) is 0 Å². The van der Waals surface area contributed by atoms with Gasteiger partial charge in [0.05, 0.1) is 36.0 Å². The Bertz CT molecular complexity index is 914. The number of sulfonamides is 1. The lowest BCUT2D eigenvalue weighted by Gasteiger charge is -2.32. The first-order valence-electron chi connectivity index (χ1n) is 9.79. The lowest BCUT2D eigenvalue weighted by atomic mass is 10.2. The van der Waals surface area contributed by atoms with Gasteiger partial charge in [0, 0.05) is 18.7 Å². The molecule has 2 fully saturated rings. The Labute approximate surface area is 170 Å². The fourth-order valence-corrected chi connectivity index (χ4v) is 6.25. The number of rotatable bonds is 5. The highest BCUT2D eigenvalue weighted by Gasteiger charge is 2.29. The molecule has 0 bridgehead atoms. The van der Waals surface area contributed by atoms with Crippen LogP contribution in [0.3, 0.4) is 0 Å². The monoisotopic (exact) mass is 420 g/mol. The van der Waals surface area contributed by atoms with Gasteiger partial charge in [-0.05, 0) is 42.5 Å². The first kappa shape index (κ1) is 19.6. The number of thiophene rings is 1. The number of carbonyl (C=O) groups is 1. The van der Waals surface area contributed by atoms with Crippen LogP contribution in [0.15, 0.2) is 46.7 Å². The molecule has 1 aromatic carbocycles. The summed E-state index contributed by atoms with van der Waals surface area (Å²) in [5.41, 5.74) is 0.460. The van der Waals surface area contributed by atoms with Gasteiger partial charge in [-0.3, -0.25) is 4.79 Å². The Morgan fingerprint density at radius 2 is 1.79 bits per heavy atom. The summed E-state index contributed by atoms with van der Waals surface area (Å²) >= 11 is 1.77. The molecule has 28 heavy (non-hydrogen) atoms. The van der Waals surface area contributed by atoms with Crippen molar-refractivity contribution in [3.63, 3.8) is 0 Å². The number of hydrogen-bond donors (Lipinski definition) is 1. The molecule has 3 heterocycles. The predicted octanol–water partition coefficient (Wildman–Crippen LogP) is 1.07.